The van der Waals surface area contributed by atoms with E-state index < -0.39 is 0 Å². The summed E-state index contributed by atoms with van der Waals surface area (Å²) in [6.45, 7) is 5.68. The van der Waals surface area contributed by atoms with Crippen molar-refractivity contribution >= 4 is 29.9 Å². The Morgan fingerprint density at radius 3 is 2.95 bits per heavy atom. The van der Waals surface area contributed by atoms with E-state index >= 15 is 0 Å². The van der Waals surface area contributed by atoms with Crippen LogP contribution in [0.4, 0.5) is 0 Å². The number of nitrogens with zero attached hydrogens (tertiary/aromatic N) is 1. The molecular formula is C16H26IN3O2. The van der Waals surface area contributed by atoms with E-state index in [4.69, 9.17) is 14.1 Å². The van der Waals surface area contributed by atoms with Gasteiger partial charge in [0, 0.05) is 38.1 Å². The molecular weight excluding hydrogens is 393 g/mol. The average Bonchev–Trinajstić information content (AvgIpc) is 2.97. The summed E-state index contributed by atoms with van der Waals surface area (Å²) in [5, 5.41) is 6.92. The van der Waals surface area contributed by atoms with Gasteiger partial charge in [-0.25, -0.2) is 0 Å². The van der Waals surface area contributed by atoms with E-state index in [0.29, 0.717) is 12.0 Å². The summed E-state index contributed by atoms with van der Waals surface area (Å²) in [7, 11) is 0. The molecule has 22 heavy (non-hydrogen) atoms. The molecule has 3 unspecified atom stereocenters. The molecule has 0 aromatic carbocycles. The van der Waals surface area contributed by atoms with Gasteiger partial charge in [-0.1, -0.05) is 6.92 Å². The fourth-order valence-electron chi connectivity index (χ4n) is 2.56. The predicted molar refractivity (Wildman–Crippen MR) is 97.8 cm³/mol. The predicted octanol–water partition coefficient (Wildman–Crippen LogP) is 2.42. The van der Waals surface area contributed by atoms with Gasteiger partial charge in [-0.15, -0.1) is 24.0 Å². The first-order valence-electron chi connectivity index (χ1n) is 7.96. The number of halogens is 1. The molecule has 124 valence electrons. The van der Waals surface area contributed by atoms with Crippen LogP contribution in [0, 0.1) is 11.8 Å². The van der Waals surface area contributed by atoms with Crippen molar-refractivity contribution in [2.24, 2.45) is 16.8 Å². The molecule has 2 aliphatic rings. The molecule has 3 atom stereocenters. The van der Waals surface area contributed by atoms with Gasteiger partial charge in [-0.05, 0) is 30.9 Å². The molecule has 1 aromatic heterocycles. The molecule has 2 fully saturated rings. The van der Waals surface area contributed by atoms with Crippen LogP contribution in [0.3, 0.4) is 0 Å². The second kappa shape index (κ2) is 8.76. The van der Waals surface area contributed by atoms with Crippen molar-refractivity contribution in [2.75, 3.05) is 26.3 Å². The normalized spacial score (nSPS) is 27.3. The van der Waals surface area contributed by atoms with E-state index in [0.717, 1.165) is 56.8 Å². The monoisotopic (exact) mass is 419 g/mol. The summed E-state index contributed by atoms with van der Waals surface area (Å²) in [5.74, 6) is 3.27. The van der Waals surface area contributed by atoms with Gasteiger partial charge in [0.25, 0.3) is 0 Å². The number of hydrogen-bond donors (Lipinski definition) is 2. The molecule has 2 N–H and O–H groups in total. The summed E-state index contributed by atoms with van der Waals surface area (Å²) in [6.07, 6.45) is 4.96. The largest absolute Gasteiger partial charge is 0.469 e. The van der Waals surface area contributed by atoms with Gasteiger partial charge in [-0.2, -0.15) is 0 Å². The SMILES string of the molecule is CC1CC1NC(=NCC1CCOC1)NCCc1ccco1.I. The van der Waals surface area contributed by atoms with Crippen molar-refractivity contribution in [3.63, 3.8) is 0 Å². The van der Waals surface area contributed by atoms with Gasteiger partial charge in [0.1, 0.15) is 5.76 Å². The van der Waals surface area contributed by atoms with Crippen LogP contribution in [-0.4, -0.2) is 38.3 Å². The molecule has 0 radical (unpaired) electrons. The van der Waals surface area contributed by atoms with Crippen LogP contribution in [0.2, 0.25) is 0 Å². The zero-order chi connectivity index (χ0) is 14.5. The molecule has 6 heteroatoms. The molecule has 0 bridgehead atoms. The van der Waals surface area contributed by atoms with Crippen molar-refractivity contribution in [2.45, 2.75) is 32.2 Å². The lowest BCUT2D eigenvalue weighted by Gasteiger charge is -2.13. The molecule has 1 saturated carbocycles. The quantitative estimate of drug-likeness (QED) is 0.423. The van der Waals surface area contributed by atoms with Crippen molar-refractivity contribution in [3.05, 3.63) is 24.2 Å². The Morgan fingerprint density at radius 1 is 1.45 bits per heavy atom. The molecule has 0 amide bonds. The molecule has 3 rings (SSSR count). The third-order valence-electron chi connectivity index (χ3n) is 4.21. The van der Waals surface area contributed by atoms with Gasteiger partial charge in [0.05, 0.1) is 12.9 Å². The Morgan fingerprint density at radius 2 is 2.32 bits per heavy atom. The zero-order valence-corrected chi connectivity index (χ0v) is 15.4. The second-order valence-electron chi connectivity index (χ2n) is 6.14. The van der Waals surface area contributed by atoms with Crippen molar-refractivity contribution in [1.29, 1.82) is 0 Å². The lowest BCUT2D eigenvalue weighted by Crippen LogP contribution is -2.40. The maximum Gasteiger partial charge on any atom is 0.191 e. The highest BCUT2D eigenvalue weighted by Crippen LogP contribution is 2.28. The van der Waals surface area contributed by atoms with Crippen molar-refractivity contribution in [1.82, 2.24) is 10.6 Å². The van der Waals surface area contributed by atoms with Gasteiger partial charge >= 0.3 is 0 Å². The maximum atomic E-state index is 5.41. The number of guanidine groups is 1. The number of ether oxygens (including phenoxy) is 1. The fraction of sp³-hybridized carbons (Fsp3) is 0.688. The molecule has 5 nitrogen and oxygen atoms in total. The Labute approximate surface area is 149 Å². The minimum atomic E-state index is 0. The zero-order valence-electron chi connectivity index (χ0n) is 13.1. The van der Waals surface area contributed by atoms with Crippen LogP contribution in [-0.2, 0) is 11.2 Å². The van der Waals surface area contributed by atoms with Gasteiger partial charge in [0.15, 0.2) is 5.96 Å². The Balaban J connectivity index is 0.00000176. The number of aliphatic imine (C=N–C) groups is 1. The highest BCUT2D eigenvalue weighted by Gasteiger charge is 2.33. The first kappa shape index (κ1) is 17.6. The minimum absolute atomic E-state index is 0. The van der Waals surface area contributed by atoms with E-state index in [2.05, 4.69) is 17.6 Å². The van der Waals surface area contributed by atoms with Crippen LogP contribution < -0.4 is 10.6 Å². The van der Waals surface area contributed by atoms with Crippen LogP contribution in [0.25, 0.3) is 0 Å². The maximum absolute atomic E-state index is 5.41. The van der Waals surface area contributed by atoms with Crippen LogP contribution >= 0.6 is 24.0 Å². The highest BCUT2D eigenvalue weighted by atomic mass is 127. The lowest BCUT2D eigenvalue weighted by atomic mass is 10.1. The van der Waals surface area contributed by atoms with Gasteiger partial charge < -0.3 is 19.8 Å². The van der Waals surface area contributed by atoms with Crippen molar-refractivity contribution in [3.8, 4) is 0 Å². The first-order valence-corrected chi connectivity index (χ1v) is 7.96. The molecule has 1 aliphatic heterocycles. The number of furan rings is 1. The minimum Gasteiger partial charge on any atom is -0.469 e. The summed E-state index contributed by atoms with van der Waals surface area (Å²) >= 11 is 0. The first-order chi connectivity index (χ1) is 10.3. The summed E-state index contributed by atoms with van der Waals surface area (Å²) in [5.41, 5.74) is 0. The average molecular weight is 419 g/mol. The van der Waals surface area contributed by atoms with E-state index in [1.54, 1.807) is 6.26 Å². The smallest absolute Gasteiger partial charge is 0.191 e. The number of nitrogens with one attached hydrogen (secondary N) is 2. The van der Waals surface area contributed by atoms with E-state index in [1.165, 1.54) is 6.42 Å². The Kier molecular flexibility index (Phi) is 7.01. The van der Waals surface area contributed by atoms with Crippen molar-refractivity contribution < 1.29 is 9.15 Å². The lowest BCUT2D eigenvalue weighted by molar-refractivity contribution is 0.187. The van der Waals surface area contributed by atoms with Crippen LogP contribution in [0.5, 0.6) is 0 Å². The Bertz CT molecular complexity index is 458. The third-order valence-corrected chi connectivity index (χ3v) is 4.21. The summed E-state index contributed by atoms with van der Waals surface area (Å²) < 4.78 is 10.8. The molecule has 1 saturated heterocycles. The number of rotatable bonds is 6. The van der Waals surface area contributed by atoms with Crippen LogP contribution in [0.1, 0.15) is 25.5 Å². The highest BCUT2D eigenvalue weighted by molar-refractivity contribution is 14.0. The molecule has 2 heterocycles. The molecule has 1 aliphatic carbocycles. The Hall–Kier alpha value is -0.760. The summed E-state index contributed by atoms with van der Waals surface area (Å²) in [4.78, 5) is 4.72. The van der Waals surface area contributed by atoms with Gasteiger partial charge in [-0.3, -0.25) is 4.99 Å². The summed E-state index contributed by atoms with van der Waals surface area (Å²) in [6, 6.07) is 4.51. The third kappa shape index (κ3) is 5.46. The topological polar surface area (TPSA) is 58.8 Å². The van der Waals surface area contributed by atoms with Gasteiger partial charge in [0.2, 0.25) is 0 Å². The van der Waals surface area contributed by atoms with Crippen LogP contribution in [0.15, 0.2) is 27.8 Å². The standard InChI is InChI=1S/C16H25N3O2.HI/c1-12-9-15(12)19-16(18-10-13-5-8-20-11-13)17-6-4-14-3-2-7-21-14;/h2-3,7,12-13,15H,4-6,8-11H2,1H3,(H2,17,18,19);1H. The second-order valence-corrected chi connectivity index (χ2v) is 6.14. The molecule has 1 aromatic rings. The van der Waals surface area contributed by atoms with E-state index in [1.807, 2.05) is 12.1 Å². The molecule has 0 spiro atoms. The van der Waals surface area contributed by atoms with E-state index in [9.17, 15) is 0 Å². The van der Waals surface area contributed by atoms with E-state index in [-0.39, 0.29) is 24.0 Å². The number of hydrogen-bond acceptors (Lipinski definition) is 3. The fourth-order valence-corrected chi connectivity index (χ4v) is 2.56.